The maximum Gasteiger partial charge on any atom is 0.303 e. The van der Waals surface area contributed by atoms with Gasteiger partial charge in [0.1, 0.15) is 0 Å². The van der Waals surface area contributed by atoms with Crippen molar-refractivity contribution in [2.24, 2.45) is 0 Å². The summed E-state index contributed by atoms with van der Waals surface area (Å²) >= 11 is 0. The lowest BCUT2D eigenvalue weighted by Crippen LogP contribution is -1.95. The van der Waals surface area contributed by atoms with E-state index in [1.54, 1.807) is 13.0 Å². The highest BCUT2D eigenvalue weighted by molar-refractivity contribution is 5.45. The highest BCUT2D eigenvalue weighted by Gasteiger charge is 2.12. The van der Waals surface area contributed by atoms with Gasteiger partial charge in [0.05, 0.1) is 4.92 Å². The van der Waals surface area contributed by atoms with E-state index in [1.165, 1.54) is 6.07 Å². The van der Waals surface area contributed by atoms with E-state index in [-0.39, 0.29) is 11.4 Å². The van der Waals surface area contributed by atoms with Crippen LogP contribution in [0.1, 0.15) is 11.4 Å². The Bertz CT molecular complexity index is 366. The minimum Gasteiger partial charge on any atom is -0.258 e. The molecule has 4 nitrogen and oxygen atoms in total. The van der Waals surface area contributed by atoms with E-state index in [0.29, 0.717) is 5.69 Å². The van der Waals surface area contributed by atoms with E-state index >= 15 is 0 Å². The number of hydrogen-bond donors (Lipinski definition) is 0. The molecule has 4 heteroatoms. The Balaban J connectivity index is 3.32. The van der Waals surface area contributed by atoms with Crippen molar-refractivity contribution in [2.75, 3.05) is 0 Å². The van der Waals surface area contributed by atoms with Crippen molar-refractivity contribution >= 4 is 5.69 Å². The number of rotatable bonds is 1. The van der Waals surface area contributed by atoms with Gasteiger partial charge in [-0.25, -0.2) is 4.98 Å². The van der Waals surface area contributed by atoms with Gasteiger partial charge in [0.2, 0.25) is 0 Å². The van der Waals surface area contributed by atoms with Gasteiger partial charge < -0.3 is 0 Å². The van der Waals surface area contributed by atoms with E-state index in [4.69, 9.17) is 6.42 Å². The van der Waals surface area contributed by atoms with E-state index in [2.05, 4.69) is 10.9 Å². The first-order valence-electron chi connectivity index (χ1n) is 3.24. The zero-order chi connectivity index (χ0) is 9.14. The topological polar surface area (TPSA) is 56.0 Å². The first-order chi connectivity index (χ1) is 5.65. The lowest BCUT2D eigenvalue weighted by Gasteiger charge is -1.95. The molecule has 60 valence electrons. The van der Waals surface area contributed by atoms with Crippen molar-refractivity contribution in [3.8, 4) is 12.3 Å². The second-order valence-electron chi connectivity index (χ2n) is 2.22. The number of nitro groups is 1. The quantitative estimate of drug-likeness (QED) is 0.355. The van der Waals surface area contributed by atoms with Crippen LogP contribution in [0.5, 0.6) is 0 Å². The molecule has 0 radical (unpaired) electrons. The number of aromatic nitrogens is 1. The van der Waals surface area contributed by atoms with Gasteiger partial charge in [-0.05, 0) is 18.9 Å². The number of terminal acetylenes is 1. The second-order valence-corrected chi connectivity index (χ2v) is 2.22. The SMILES string of the molecule is C#Cc1nc(C)ccc1[N+](=O)[O-]. The van der Waals surface area contributed by atoms with Crippen LogP contribution in [0.4, 0.5) is 5.69 Å². The van der Waals surface area contributed by atoms with E-state index in [0.717, 1.165) is 0 Å². The third-order valence-corrected chi connectivity index (χ3v) is 1.35. The smallest absolute Gasteiger partial charge is 0.258 e. The second kappa shape index (κ2) is 3.01. The average Bonchev–Trinajstić information content (AvgIpc) is 2.03. The Hall–Kier alpha value is -1.89. The molecule has 12 heavy (non-hydrogen) atoms. The van der Waals surface area contributed by atoms with Crippen molar-refractivity contribution in [2.45, 2.75) is 6.92 Å². The molecule has 1 aromatic rings. The van der Waals surface area contributed by atoms with Crippen LogP contribution in [0.25, 0.3) is 0 Å². The summed E-state index contributed by atoms with van der Waals surface area (Å²) in [5.41, 5.74) is 0.636. The number of nitrogens with zero attached hydrogens (tertiary/aromatic N) is 2. The Kier molecular flexibility index (Phi) is 2.06. The Morgan fingerprint density at radius 2 is 2.33 bits per heavy atom. The maximum absolute atomic E-state index is 10.4. The summed E-state index contributed by atoms with van der Waals surface area (Å²) in [7, 11) is 0. The summed E-state index contributed by atoms with van der Waals surface area (Å²) < 4.78 is 0. The monoisotopic (exact) mass is 162 g/mol. The third kappa shape index (κ3) is 1.40. The molecule has 0 aromatic carbocycles. The van der Waals surface area contributed by atoms with Crippen LogP contribution in [-0.4, -0.2) is 9.91 Å². The standard InChI is InChI=1S/C8H6N2O2/c1-3-7-8(10(11)12)5-4-6(2)9-7/h1,4-5H,2H3. The summed E-state index contributed by atoms with van der Waals surface area (Å²) in [4.78, 5) is 13.7. The predicted molar refractivity (Wildman–Crippen MR) is 43.6 cm³/mol. The third-order valence-electron chi connectivity index (χ3n) is 1.35. The molecule has 0 aliphatic heterocycles. The van der Waals surface area contributed by atoms with Gasteiger partial charge in [-0.2, -0.15) is 0 Å². The van der Waals surface area contributed by atoms with E-state index < -0.39 is 4.92 Å². The van der Waals surface area contributed by atoms with Crippen molar-refractivity contribution in [1.29, 1.82) is 0 Å². The van der Waals surface area contributed by atoms with Crippen LogP contribution in [-0.2, 0) is 0 Å². The van der Waals surface area contributed by atoms with Crippen LogP contribution in [0.2, 0.25) is 0 Å². The van der Waals surface area contributed by atoms with Crippen molar-refractivity contribution in [3.63, 3.8) is 0 Å². The van der Waals surface area contributed by atoms with Crippen LogP contribution >= 0.6 is 0 Å². The maximum atomic E-state index is 10.4. The Labute approximate surface area is 69.4 Å². The van der Waals surface area contributed by atoms with Crippen LogP contribution in [0.3, 0.4) is 0 Å². The lowest BCUT2D eigenvalue weighted by atomic mass is 10.3. The number of pyridine rings is 1. The molecular weight excluding hydrogens is 156 g/mol. The molecule has 1 heterocycles. The summed E-state index contributed by atoms with van der Waals surface area (Å²) in [5.74, 6) is 2.16. The molecule has 0 aliphatic rings. The summed E-state index contributed by atoms with van der Waals surface area (Å²) in [6.45, 7) is 1.73. The molecule has 0 atom stereocenters. The largest absolute Gasteiger partial charge is 0.303 e. The van der Waals surface area contributed by atoms with Gasteiger partial charge in [0.25, 0.3) is 0 Å². The van der Waals surface area contributed by atoms with Gasteiger partial charge in [0, 0.05) is 11.8 Å². The van der Waals surface area contributed by atoms with Gasteiger partial charge >= 0.3 is 5.69 Å². The molecular formula is C8H6N2O2. The summed E-state index contributed by atoms with van der Waals surface area (Å²) in [5, 5.41) is 10.4. The van der Waals surface area contributed by atoms with E-state index in [9.17, 15) is 10.1 Å². The van der Waals surface area contributed by atoms with Crippen LogP contribution < -0.4 is 0 Å². The molecule has 0 N–H and O–H groups in total. The average molecular weight is 162 g/mol. The van der Waals surface area contributed by atoms with Crippen molar-refractivity contribution in [3.05, 3.63) is 33.6 Å². The van der Waals surface area contributed by atoms with Crippen LogP contribution in [0.15, 0.2) is 12.1 Å². The van der Waals surface area contributed by atoms with Gasteiger partial charge in [0.15, 0.2) is 5.69 Å². The normalized spacial score (nSPS) is 9.00. The Morgan fingerprint density at radius 1 is 1.67 bits per heavy atom. The molecule has 0 spiro atoms. The fraction of sp³-hybridized carbons (Fsp3) is 0.125. The van der Waals surface area contributed by atoms with Crippen molar-refractivity contribution < 1.29 is 4.92 Å². The molecule has 0 saturated carbocycles. The molecule has 0 fully saturated rings. The minimum atomic E-state index is -0.540. The molecule has 0 unspecified atom stereocenters. The van der Waals surface area contributed by atoms with Crippen LogP contribution in [0, 0.1) is 29.4 Å². The van der Waals surface area contributed by atoms with Gasteiger partial charge in [-0.1, -0.05) is 0 Å². The lowest BCUT2D eigenvalue weighted by molar-refractivity contribution is -0.385. The fourth-order valence-corrected chi connectivity index (χ4v) is 0.803. The van der Waals surface area contributed by atoms with Gasteiger partial charge in [-0.3, -0.25) is 10.1 Å². The molecule has 0 saturated heterocycles. The highest BCUT2D eigenvalue weighted by atomic mass is 16.6. The van der Waals surface area contributed by atoms with Gasteiger partial charge in [-0.15, -0.1) is 6.42 Å². The molecule has 0 aliphatic carbocycles. The fourth-order valence-electron chi connectivity index (χ4n) is 0.803. The van der Waals surface area contributed by atoms with Crippen molar-refractivity contribution in [1.82, 2.24) is 4.98 Å². The van der Waals surface area contributed by atoms with E-state index in [1.807, 2.05) is 0 Å². The minimum absolute atomic E-state index is 0.0833. The Morgan fingerprint density at radius 3 is 2.83 bits per heavy atom. The molecule has 0 amide bonds. The molecule has 1 aromatic heterocycles. The zero-order valence-electron chi connectivity index (χ0n) is 6.44. The zero-order valence-corrected chi connectivity index (χ0v) is 6.44. The highest BCUT2D eigenvalue weighted by Crippen LogP contribution is 2.14. The summed E-state index contributed by atoms with van der Waals surface area (Å²) in [6.07, 6.45) is 5.04. The number of hydrogen-bond acceptors (Lipinski definition) is 3. The first-order valence-corrected chi connectivity index (χ1v) is 3.24. The summed E-state index contributed by atoms with van der Waals surface area (Å²) in [6, 6.07) is 2.91. The molecule has 1 rings (SSSR count). The number of aryl methyl sites for hydroxylation is 1. The first kappa shape index (κ1) is 8.21. The predicted octanol–water partition coefficient (Wildman–Crippen LogP) is 1.28. The molecule has 0 bridgehead atoms.